The Labute approximate surface area is 154 Å². The predicted molar refractivity (Wildman–Crippen MR) is 93.6 cm³/mol. The van der Waals surface area contributed by atoms with Crippen molar-refractivity contribution in [1.29, 1.82) is 0 Å². The lowest BCUT2D eigenvalue weighted by atomic mass is 9.98. The highest BCUT2D eigenvalue weighted by Gasteiger charge is 2.36. The molecule has 2 heterocycles. The highest BCUT2D eigenvalue weighted by molar-refractivity contribution is 6.33. The van der Waals surface area contributed by atoms with Crippen molar-refractivity contribution in [3.05, 3.63) is 82.2 Å². The molecule has 4 rings (SSSR count). The van der Waals surface area contributed by atoms with Crippen LogP contribution in [0, 0.1) is 5.82 Å². The smallest absolute Gasteiger partial charge is 0.255 e. The van der Waals surface area contributed by atoms with Crippen molar-refractivity contribution in [1.82, 2.24) is 15.0 Å². The van der Waals surface area contributed by atoms with Gasteiger partial charge in [0.15, 0.2) is 5.82 Å². The molecule has 0 aliphatic carbocycles. The minimum Gasteiger partial charge on any atom is -0.339 e. The van der Waals surface area contributed by atoms with E-state index >= 15 is 0 Å². The molecule has 0 N–H and O–H groups in total. The van der Waals surface area contributed by atoms with Crippen LogP contribution in [0.4, 0.5) is 4.39 Å². The lowest BCUT2D eigenvalue weighted by molar-refractivity contribution is 0.0569. The molecule has 26 heavy (non-hydrogen) atoms. The molecular weight excluding hydrogens is 357 g/mol. The Morgan fingerprint density at radius 1 is 1.23 bits per heavy atom. The molecule has 0 bridgehead atoms. The van der Waals surface area contributed by atoms with Crippen LogP contribution in [0.3, 0.4) is 0 Å². The van der Waals surface area contributed by atoms with E-state index in [1.807, 2.05) is 30.3 Å². The van der Waals surface area contributed by atoms with Gasteiger partial charge in [0.25, 0.3) is 5.91 Å². The second kappa shape index (κ2) is 6.88. The summed E-state index contributed by atoms with van der Waals surface area (Å²) in [5.74, 6) is 0.470. The number of aromatic nitrogens is 2. The molecular formula is C19H15ClFN3O2. The summed E-state index contributed by atoms with van der Waals surface area (Å²) in [6.07, 6.45) is 0.602. The lowest BCUT2D eigenvalue weighted by Crippen LogP contribution is -2.48. The molecule has 1 fully saturated rings. The Morgan fingerprint density at radius 3 is 2.73 bits per heavy atom. The minimum atomic E-state index is -0.468. The molecule has 0 spiro atoms. The van der Waals surface area contributed by atoms with Gasteiger partial charge in [-0.3, -0.25) is 4.79 Å². The Balaban J connectivity index is 1.38. The highest BCUT2D eigenvalue weighted by atomic mass is 35.5. The molecule has 7 heteroatoms. The third-order valence-corrected chi connectivity index (χ3v) is 4.68. The van der Waals surface area contributed by atoms with Crippen LogP contribution in [-0.4, -0.2) is 34.0 Å². The van der Waals surface area contributed by atoms with Crippen LogP contribution >= 0.6 is 11.6 Å². The Morgan fingerprint density at radius 2 is 2.00 bits per heavy atom. The highest BCUT2D eigenvalue weighted by Crippen LogP contribution is 2.29. The average Bonchev–Trinajstić information content (AvgIpc) is 3.02. The maximum absolute atomic E-state index is 13.1. The van der Waals surface area contributed by atoms with Gasteiger partial charge in [0.1, 0.15) is 5.82 Å². The monoisotopic (exact) mass is 371 g/mol. The number of hydrogen-bond acceptors (Lipinski definition) is 4. The molecule has 2 aromatic carbocycles. The zero-order valence-corrected chi connectivity index (χ0v) is 14.5. The fourth-order valence-corrected chi connectivity index (χ4v) is 3.17. The van der Waals surface area contributed by atoms with Crippen LogP contribution in [0.25, 0.3) is 0 Å². The first-order chi connectivity index (χ1) is 12.6. The topological polar surface area (TPSA) is 59.2 Å². The summed E-state index contributed by atoms with van der Waals surface area (Å²) >= 11 is 5.95. The van der Waals surface area contributed by atoms with Gasteiger partial charge in [0.2, 0.25) is 5.89 Å². The van der Waals surface area contributed by atoms with Crippen LogP contribution < -0.4 is 0 Å². The summed E-state index contributed by atoms with van der Waals surface area (Å²) in [4.78, 5) is 18.5. The van der Waals surface area contributed by atoms with Gasteiger partial charge < -0.3 is 9.42 Å². The zero-order chi connectivity index (χ0) is 18.1. The predicted octanol–water partition coefficient (Wildman–Crippen LogP) is 3.69. The second-order valence-corrected chi connectivity index (χ2v) is 6.65. The summed E-state index contributed by atoms with van der Waals surface area (Å²) in [5.41, 5.74) is 1.40. The Hall–Kier alpha value is -2.73. The number of carbonyl (C=O) groups is 1. The molecule has 5 nitrogen and oxygen atoms in total. The Kier molecular flexibility index (Phi) is 4.42. The van der Waals surface area contributed by atoms with E-state index in [2.05, 4.69) is 10.1 Å². The van der Waals surface area contributed by atoms with Crippen molar-refractivity contribution in [2.24, 2.45) is 0 Å². The molecule has 132 valence electrons. The van der Waals surface area contributed by atoms with Gasteiger partial charge in [-0.05, 0) is 23.8 Å². The average molecular weight is 372 g/mol. The molecule has 1 aliphatic heterocycles. The SMILES string of the molecule is O=C(c1ccc(F)cc1Cl)N1CC(c2nc(Cc3ccccc3)no2)C1. The summed E-state index contributed by atoms with van der Waals surface area (Å²) in [6.45, 7) is 0.943. The largest absolute Gasteiger partial charge is 0.339 e. The van der Waals surface area contributed by atoms with Crippen molar-refractivity contribution in [2.75, 3.05) is 13.1 Å². The molecule has 0 saturated carbocycles. The number of amides is 1. The van der Waals surface area contributed by atoms with Crippen molar-refractivity contribution in [3.8, 4) is 0 Å². The first-order valence-electron chi connectivity index (χ1n) is 8.21. The summed E-state index contributed by atoms with van der Waals surface area (Å²) in [6, 6.07) is 13.7. The standard InChI is InChI=1S/C19H15ClFN3O2/c20-16-9-14(21)6-7-15(16)19(25)24-10-13(11-24)18-22-17(23-26-18)8-12-4-2-1-3-5-12/h1-7,9,13H,8,10-11H2. The van der Waals surface area contributed by atoms with Crippen molar-refractivity contribution >= 4 is 17.5 Å². The lowest BCUT2D eigenvalue weighted by Gasteiger charge is -2.37. The number of carbonyl (C=O) groups excluding carboxylic acids is 1. The zero-order valence-electron chi connectivity index (χ0n) is 13.7. The molecule has 0 unspecified atom stereocenters. The quantitative estimate of drug-likeness (QED) is 0.701. The van der Waals surface area contributed by atoms with Gasteiger partial charge in [-0.15, -0.1) is 0 Å². The van der Waals surface area contributed by atoms with Crippen LogP contribution in [0.2, 0.25) is 5.02 Å². The van der Waals surface area contributed by atoms with Crippen LogP contribution in [0.1, 0.15) is 33.6 Å². The molecule has 0 radical (unpaired) electrons. The normalized spacial score (nSPS) is 14.3. The molecule has 3 aromatic rings. The number of hydrogen-bond donors (Lipinski definition) is 0. The number of benzene rings is 2. The Bertz CT molecular complexity index is 939. The minimum absolute atomic E-state index is 0.00944. The fraction of sp³-hybridized carbons (Fsp3) is 0.211. The van der Waals surface area contributed by atoms with Gasteiger partial charge >= 0.3 is 0 Å². The third-order valence-electron chi connectivity index (χ3n) is 4.37. The molecule has 1 amide bonds. The van der Waals surface area contributed by atoms with E-state index in [1.165, 1.54) is 12.1 Å². The van der Waals surface area contributed by atoms with Gasteiger partial charge in [0, 0.05) is 19.5 Å². The number of halogens is 2. The van der Waals surface area contributed by atoms with Crippen LogP contribution in [0.5, 0.6) is 0 Å². The maximum Gasteiger partial charge on any atom is 0.255 e. The van der Waals surface area contributed by atoms with Gasteiger partial charge in [-0.25, -0.2) is 4.39 Å². The van der Waals surface area contributed by atoms with Gasteiger partial charge in [-0.2, -0.15) is 4.98 Å². The summed E-state index contributed by atoms with van der Waals surface area (Å²) in [7, 11) is 0. The number of likely N-dealkylation sites (tertiary alicyclic amines) is 1. The van der Waals surface area contributed by atoms with Crippen LogP contribution in [-0.2, 0) is 6.42 Å². The number of nitrogens with zero attached hydrogens (tertiary/aromatic N) is 3. The van der Waals surface area contributed by atoms with E-state index in [9.17, 15) is 9.18 Å². The van der Waals surface area contributed by atoms with Gasteiger partial charge in [-0.1, -0.05) is 47.1 Å². The van der Waals surface area contributed by atoms with E-state index in [0.29, 0.717) is 36.8 Å². The molecule has 1 saturated heterocycles. The van der Waals surface area contributed by atoms with E-state index in [1.54, 1.807) is 4.90 Å². The molecule has 1 aromatic heterocycles. The van der Waals surface area contributed by atoms with E-state index in [0.717, 1.165) is 11.6 Å². The second-order valence-electron chi connectivity index (χ2n) is 6.24. The summed E-state index contributed by atoms with van der Waals surface area (Å²) < 4.78 is 18.5. The molecule has 0 atom stereocenters. The first-order valence-corrected chi connectivity index (χ1v) is 8.58. The van der Waals surface area contributed by atoms with Gasteiger partial charge in [0.05, 0.1) is 16.5 Å². The van der Waals surface area contributed by atoms with Crippen LogP contribution in [0.15, 0.2) is 53.1 Å². The summed E-state index contributed by atoms with van der Waals surface area (Å²) in [5, 5.41) is 4.13. The van der Waals surface area contributed by atoms with E-state index in [-0.39, 0.29) is 16.8 Å². The first kappa shape index (κ1) is 16.7. The maximum atomic E-state index is 13.1. The molecule has 1 aliphatic rings. The number of rotatable bonds is 4. The van der Waals surface area contributed by atoms with Crippen molar-refractivity contribution in [2.45, 2.75) is 12.3 Å². The van der Waals surface area contributed by atoms with Crippen molar-refractivity contribution < 1.29 is 13.7 Å². The van der Waals surface area contributed by atoms with E-state index < -0.39 is 5.82 Å². The fourth-order valence-electron chi connectivity index (χ4n) is 2.92. The van der Waals surface area contributed by atoms with E-state index in [4.69, 9.17) is 16.1 Å². The third kappa shape index (κ3) is 3.32. The van der Waals surface area contributed by atoms with Crippen molar-refractivity contribution in [3.63, 3.8) is 0 Å².